The predicted octanol–water partition coefficient (Wildman–Crippen LogP) is 1.47. The number of hydrogen-bond donors (Lipinski definition) is 3. The van der Waals surface area contributed by atoms with Gasteiger partial charge in [0.15, 0.2) is 5.69 Å². The third kappa shape index (κ3) is 5.30. The summed E-state index contributed by atoms with van der Waals surface area (Å²) in [6.07, 6.45) is 7.63. The van der Waals surface area contributed by atoms with Gasteiger partial charge in [0.05, 0.1) is 19.3 Å². The van der Waals surface area contributed by atoms with Crippen LogP contribution in [0.1, 0.15) is 79.2 Å². The first-order valence-electron chi connectivity index (χ1n) is 11.7. The topological polar surface area (TPSA) is 142 Å². The van der Waals surface area contributed by atoms with Crippen LogP contribution in [-0.2, 0) is 6.54 Å². The summed E-state index contributed by atoms with van der Waals surface area (Å²) in [5.41, 5.74) is 11.3. The summed E-state index contributed by atoms with van der Waals surface area (Å²) < 4.78 is 6.17. The lowest BCUT2D eigenvalue weighted by Crippen LogP contribution is -3.11. The zero-order chi connectivity index (χ0) is 24.1. The maximum atomic E-state index is 13.0. The molecule has 2 aromatic heterocycles. The van der Waals surface area contributed by atoms with E-state index >= 15 is 0 Å². The Bertz CT molecular complexity index is 1130. The number of anilines is 1. The number of benzene rings is 1. The van der Waals surface area contributed by atoms with Crippen LogP contribution in [0.5, 0.6) is 0 Å². The molecule has 11 heteroatoms. The van der Waals surface area contributed by atoms with Gasteiger partial charge in [-0.1, -0.05) is 49.7 Å². The standard InChI is InChI=1S/C23H31N9O2/c1-15(2)17-11-9-16(10-12-17)13-25-27-23(33)20-19(14-31(3)18-7-5-4-6-8-18)32(30-26-20)22-21(24)28-34-29-22/h9-13,15,18H,4-8,14H2,1-3H3,(H2,24,28)(H,27,33)/p+1/b25-13-. The number of nitrogens with two attached hydrogens (primary N) is 1. The molecule has 1 atom stereocenters. The molecule has 0 radical (unpaired) electrons. The number of nitrogen functional groups attached to an aromatic ring is 1. The van der Waals surface area contributed by atoms with E-state index in [1.54, 1.807) is 6.21 Å². The van der Waals surface area contributed by atoms with E-state index in [1.165, 1.54) is 34.4 Å². The second-order valence-corrected chi connectivity index (χ2v) is 9.15. The molecular weight excluding hydrogens is 434 g/mol. The van der Waals surface area contributed by atoms with E-state index in [0.29, 0.717) is 24.2 Å². The summed E-state index contributed by atoms with van der Waals surface area (Å²) in [6, 6.07) is 8.55. The Hall–Kier alpha value is -3.60. The van der Waals surface area contributed by atoms with E-state index in [4.69, 9.17) is 10.4 Å². The van der Waals surface area contributed by atoms with Crippen LogP contribution in [0.4, 0.5) is 5.82 Å². The van der Waals surface area contributed by atoms with Crippen molar-refractivity contribution in [2.24, 2.45) is 5.10 Å². The Labute approximate surface area is 198 Å². The lowest BCUT2D eigenvalue weighted by Gasteiger charge is -2.28. The molecule has 1 aliphatic carbocycles. The van der Waals surface area contributed by atoms with Gasteiger partial charge in [0, 0.05) is 0 Å². The van der Waals surface area contributed by atoms with Crippen LogP contribution in [0.15, 0.2) is 34.0 Å². The maximum absolute atomic E-state index is 13.0. The fraction of sp³-hybridized carbons (Fsp3) is 0.478. The third-order valence-corrected chi connectivity index (χ3v) is 6.41. The molecule has 0 saturated heterocycles. The zero-order valence-corrected chi connectivity index (χ0v) is 19.9. The van der Waals surface area contributed by atoms with E-state index in [1.807, 2.05) is 12.1 Å². The maximum Gasteiger partial charge on any atom is 0.294 e. The SMILES string of the molecule is CC(C)c1ccc(/C=N\NC(=O)c2nnn(-c3nonc3N)c2C[NH+](C)C2CCCCC2)cc1. The number of aromatic nitrogens is 5. The minimum absolute atomic E-state index is 0.0799. The van der Waals surface area contributed by atoms with E-state index in [-0.39, 0.29) is 17.3 Å². The summed E-state index contributed by atoms with van der Waals surface area (Å²) in [4.78, 5) is 14.3. The van der Waals surface area contributed by atoms with Gasteiger partial charge in [-0.25, -0.2) is 10.1 Å². The molecule has 34 heavy (non-hydrogen) atoms. The van der Waals surface area contributed by atoms with Crippen molar-refractivity contribution in [1.29, 1.82) is 0 Å². The van der Waals surface area contributed by atoms with Gasteiger partial charge in [-0.3, -0.25) is 4.79 Å². The molecule has 1 unspecified atom stereocenters. The Kier molecular flexibility index (Phi) is 7.31. The molecule has 1 aromatic carbocycles. The highest BCUT2D eigenvalue weighted by Gasteiger charge is 2.29. The summed E-state index contributed by atoms with van der Waals surface area (Å²) >= 11 is 0. The van der Waals surface area contributed by atoms with Crippen molar-refractivity contribution in [2.45, 2.75) is 64.5 Å². The fourth-order valence-electron chi connectivity index (χ4n) is 4.33. The highest BCUT2D eigenvalue weighted by Crippen LogP contribution is 2.18. The van der Waals surface area contributed by atoms with Crippen LogP contribution in [0.25, 0.3) is 5.82 Å². The highest BCUT2D eigenvalue weighted by atomic mass is 16.6. The Morgan fingerprint density at radius 3 is 2.65 bits per heavy atom. The second kappa shape index (κ2) is 10.6. The highest BCUT2D eigenvalue weighted by molar-refractivity contribution is 5.94. The molecule has 1 aliphatic rings. The average Bonchev–Trinajstić information content (AvgIpc) is 3.45. The molecule has 0 bridgehead atoms. The Morgan fingerprint density at radius 1 is 1.26 bits per heavy atom. The molecule has 2 heterocycles. The lowest BCUT2D eigenvalue weighted by atomic mass is 9.94. The molecule has 3 aromatic rings. The van der Waals surface area contributed by atoms with E-state index in [9.17, 15) is 4.79 Å². The number of nitrogens with zero attached hydrogens (tertiary/aromatic N) is 6. The molecule has 4 N–H and O–H groups in total. The number of nitrogens with one attached hydrogen (secondary N) is 2. The molecule has 4 rings (SSSR count). The van der Waals surface area contributed by atoms with Crippen molar-refractivity contribution in [1.82, 2.24) is 30.7 Å². The largest absolute Gasteiger partial charge is 0.378 e. The number of quaternary nitrogens is 1. The molecule has 1 saturated carbocycles. The monoisotopic (exact) mass is 466 g/mol. The van der Waals surface area contributed by atoms with Gasteiger partial charge >= 0.3 is 0 Å². The summed E-state index contributed by atoms with van der Waals surface area (Å²) in [6.45, 7) is 4.81. The second-order valence-electron chi connectivity index (χ2n) is 9.15. The molecule has 0 spiro atoms. The Balaban J connectivity index is 1.53. The third-order valence-electron chi connectivity index (χ3n) is 6.41. The van der Waals surface area contributed by atoms with Crippen LogP contribution in [0, 0.1) is 0 Å². The normalized spacial score (nSPS) is 15.8. The van der Waals surface area contributed by atoms with Crippen molar-refractivity contribution < 1.29 is 14.3 Å². The van der Waals surface area contributed by atoms with Crippen LogP contribution in [0.2, 0.25) is 0 Å². The van der Waals surface area contributed by atoms with Gasteiger partial charge in [0.1, 0.15) is 12.2 Å². The minimum Gasteiger partial charge on any atom is -0.378 e. The molecule has 0 aliphatic heterocycles. The first-order valence-corrected chi connectivity index (χ1v) is 11.7. The van der Waals surface area contributed by atoms with Crippen molar-refractivity contribution >= 4 is 17.9 Å². The predicted molar refractivity (Wildman–Crippen MR) is 127 cm³/mol. The van der Waals surface area contributed by atoms with Gasteiger partial charge in [0.2, 0.25) is 11.6 Å². The van der Waals surface area contributed by atoms with E-state index < -0.39 is 5.91 Å². The van der Waals surface area contributed by atoms with E-state index in [2.05, 4.69) is 64.2 Å². The number of carbonyl (C=O) groups is 1. The molecule has 180 valence electrons. The zero-order valence-electron chi connectivity index (χ0n) is 19.9. The van der Waals surface area contributed by atoms with Crippen molar-refractivity contribution in [3.05, 3.63) is 46.8 Å². The Morgan fingerprint density at radius 2 is 2.00 bits per heavy atom. The summed E-state index contributed by atoms with van der Waals surface area (Å²) in [7, 11) is 2.12. The summed E-state index contributed by atoms with van der Waals surface area (Å²) in [5.74, 6) is 0.292. The lowest BCUT2D eigenvalue weighted by molar-refractivity contribution is -0.921. The summed E-state index contributed by atoms with van der Waals surface area (Å²) in [5, 5.41) is 19.8. The fourth-order valence-corrected chi connectivity index (χ4v) is 4.33. The molecular formula is C23H32N9O2+. The van der Waals surface area contributed by atoms with Crippen LogP contribution < -0.4 is 16.1 Å². The van der Waals surface area contributed by atoms with Gasteiger partial charge in [0.25, 0.3) is 5.91 Å². The average molecular weight is 467 g/mol. The van der Waals surface area contributed by atoms with Crippen molar-refractivity contribution in [3.8, 4) is 5.82 Å². The van der Waals surface area contributed by atoms with Crippen molar-refractivity contribution in [3.63, 3.8) is 0 Å². The number of carbonyl (C=O) groups excluding carboxylic acids is 1. The number of amides is 1. The van der Waals surface area contributed by atoms with Crippen LogP contribution in [0.3, 0.4) is 0 Å². The first-order chi connectivity index (χ1) is 16.4. The van der Waals surface area contributed by atoms with E-state index in [0.717, 1.165) is 18.4 Å². The quantitative estimate of drug-likeness (QED) is 0.337. The van der Waals surface area contributed by atoms with Crippen LogP contribution >= 0.6 is 0 Å². The van der Waals surface area contributed by atoms with Gasteiger partial charge < -0.3 is 10.6 Å². The smallest absolute Gasteiger partial charge is 0.294 e. The number of hydrogen-bond acceptors (Lipinski definition) is 8. The minimum atomic E-state index is -0.456. The van der Waals surface area contributed by atoms with Crippen LogP contribution in [-0.4, -0.2) is 50.5 Å². The van der Waals surface area contributed by atoms with Gasteiger partial charge in [-0.15, -0.1) is 5.10 Å². The first kappa shape index (κ1) is 23.6. The number of hydrazone groups is 1. The molecule has 1 amide bonds. The van der Waals surface area contributed by atoms with Gasteiger partial charge in [-0.2, -0.15) is 9.78 Å². The van der Waals surface area contributed by atoms with Gasteiger partial charge in [-0.05, 0) is 53.0 Å². The molecule has 11 nitrogen and oxygen atoms in total. The van der Waals surface area contributed by atoms with Crippen molar-refractivity contribution in [2.75, 3.05) is 12.8 Å². The number of rotatable bonds is 8. The molecule has 1 fully saturated rings.